The summed E-state index contributed by atoms with van der Waals surface area (Å²) in [5.41, 5.74) is 0.323. The summed E-state index contributed by atoms with van der Waals surface area (Å²) in [6, 6.07) is 0. The fourth-order valence-corrected chi connectivity index (χ4v) is 2.55. The van der Waals surface area contributed by atoms with Gasteiger partial charge in [0, 0.05) is 39.6 Å². The lowest BCUT2D eigenvalue weighted by atomic mass is 9.93. The van der Waals surface area contributed by atoms with E-state index in [1.165, 1.54) is 0 Å². The molecule has 1 saturated heterocycles. The Morgan fingerprint density at radius 3 is 2.70 bits per heavy atom. The minimum absolute atomic E-state index is 0.152. The Balaban J connectivity index is 2.10. The SMILES string of the molecule is CCc1noc(C)c1C(=O)N(C)CC1(O)CCOCC1. The Bertz CT molecular complexity index is 478. The van der Waals surface area contributed by atoms with E-state index in [0.717, 1.165) is 0 Å². The van der Waals surface area contributed by atoms with E-state index in [4.69, 9.17) is 9.26 Å². The molecule has 6 heteroatoms. The number of aryl methyl sites for hydroxylation is 2. The Morgan fingerprint density at radius 1 is 1.45 bits per heavy atom. The van der Waals surface area contributed by atoms with Crippen molar-refractivity contribution in [3.05, 3.63) is 17.0 Å². The molecule has 0 aliphatic carbocycles. The lowest BCUT2D eigenvalue weighted by molar-refractivity contribution is -0.0734. The molecule has 1 aromatic heterocycles. The van der Waals surface area contributed by atoms with Gasteiger partial charge < -0.3 is 19.3 Å². The van der Waals surface area contributed by atoms with E-state index in [1.807, 2.05) is 6.92 Å². The number of aliphatic hydroxyl groups is 1. The van der Waals surface area contributed by atoms with E-state index < -0.39 is 5.60 Å². The Labute approximate surface area is 118 Å². The molecule has 1 amide bonds. The molecule has 2 heterocycles. The molecular formula is C14H22N2O4. The fraction of sp³-hybridized carbons (Fsp3) is 0.714. The lowest BCUT2D eigenvalue weighted by Crippen LogP contribution is -2.47. The molecule has 0 bridgehead atoms. The maximum Gasteiger partial charge on any atom is 0.259 e. The van der Waals surface area contributed by atoms with Crippen molar-refractivity contribution in [2.45, 2.75) is 38.7 Å². The Kier molecular flexibility index (Phi) is 4.45. The number of nitrogens with zero attached hydrogens (tertiary/aromatic N) is 2. The van der Waals surface area contributed by atoms with Crippen LogP contribution in [-0.2, 0) is 11.2 Å². The van der Waals surface area contributed by atoms with Crippen LogP contribution in [0.15, 0.2) is 4.52 Å². The molecular weight excluding hydrogens is 260 g/mol. The van der Waals surface area contributed by atoms with Crippen molar-refractivity contribution in [3.63, 3.8) is 0 Å². The summed E-state index contributed by atoms with van der Waals surface area (Å²) in [4.78, 5) is 14.1. The highest BCUT2D eigenvalue weighted by Crippen LogP contribution is 2.23. The second-order valence-corrected chi connectivity index (χ2v) is 5.41. The number of amides is 1. The van der Waals surface area contributed by atoms with Gasteiger partial charge in [0.2, 0.25) is 0 Å². The van der Waals surface area contributed by atoms with Crippen LogP contribution in [0.1, 0.15) is 41.6 Å². The van der Waals surface area contributed by atoms with Crippen molar-refractivity contribution >= 4 is 5.91 Å². The van der Waals surface area contributed by atoms with Crippen molar-refractivity contribution in [2.75, 3.05) is 26.8 Å². The number of ether oxygens (including phenoxy) is 1. The molecule has 112 valence electrons. The second kappa shape index (κ2) is 5.93. The van der Waals surface area contributed by atoms with Crippen molar-refractivity contribution < 1.29 is 19.2 Å². The third-order valence-corrected chi connectivity index (χ3v) is 3.78. The van der Waals surface area contributed by atoms with Crippen molar-refractivity contribution in [1.29, 1.82) is 0 Å². The fourth-order valence-electron chi connectivity index (χ4n) is 2.55. The van der Waals surface area contributed by atoms with Gasteiger partial charge in [0.05, 0.1) is 11.3 Å². The predicted octanol–water partition coefficient (Wildman–Crippen LogP) is 1.16. The van der Waals surface area contributed by atoms with Crippen LogP contribution in [0.3, 0.4) is 0 Å². The van der Waals surface area contributed by atoms with Gasteiger partial charge in [-0.05, 0) is 13.3 Å². The summed E-state index contributed by atoms with van der Waals surface area (Å²) in [7, 11) is 1.70. The van der Waals surface area contributed by atoms with Crippen molar-refractivity contribution in [3.8, 4) is 0 Å². The quantitative estimate of drug-likeness (QED) is 0.896. The van der Waals surface area contributed by atoms with Gasteiger partial charge in [-0.2, -0.15) is 0 Å². The minimum atomic E-state index is -0.861. The molecule has 20 heavy (non-hydrogen) atoms. The van der Waals surface area contributed by atoms with E-state index in [0.29, 0.717) is 56.0 Å². The van der Waals surface area contributed by atoms with Gasteiger partial charge in [0.15, 0.2) is 0 Å². The maximum absolute atomic E-state index is 12.5. The largest absolute Gasteiger partial charge is 0.388 e. The first kappa shape index (κ1) is 15.0. The zero-order valence-corrected chi connectivity index (χ0v) is 12.3. The monoisotopic (exact) mass is 282 g/mol. The summed E-state index contributed by atoms with van der Waals surface area (Å²) >= 11 is 0. The van der Waals surface area contributed by atoms with Gasteiger partial charge >= 0.3 is 0 Å². The van der Waals surface area contributed by atoms with Crippen LogP contribution >= 0.6 is 0 Å². The first-order chi connectivity index (χ1) is 9.47. The summed E-state index contributed by atoms with van der Waals surface area (Å²) < 4.78 is 10.3. The molecule has 0 spiro atoms. The second-order valence-electron chi connectivity index (χ2n) is 5.41. The summed E-state index contributed by atoms with van der Waals surface area (Å²) in [6.07, 6.45) is 1.74. The van der Waals surface area contributed by atoms with Crippen LogP contribution in [0.5, 0.6) is 0 Å². The van der Waals surface area contributed by atoms with Gasteiger partial charge in [0.1, 0.15) is 11.3 Å². The van der Waals surface area contributed by atoms with Crippen molar-refractivity contribution in [1.82, 2.24) is 10.1 Å². The van der Waals surface area contributed by atoms with Gasteiger partial charge in [0.25, 0.3) is 5.91 Å². The molecule has 1 aliphatic rings. The molecule has 1 aliphatic heterocycles. The van der Waals surface area contributed by atoms with Gasteiger partial charge in [-0.15, -0.1) is 0 Å². The predicted molar refractivity (Wildman–Crippen MR) is 72.6 cm³/mol. The van der Waals surface area contributed by atoms with Crippen LogP contribution in [-0.4, -0.2) is 53.5 Å². The number of carbonyl (C=O) groups is 1. The lowest BCUT2D eigenvalue weighted by Gasteiger charge is -2.35. The Hall–Kier alpha value is -1.40. The normalized spacial score (nSPS) is 18.0. The van der Waals surface area contributed by atoms with Crippen LogP contribution in [0.4, 0.5) is 0 Å². The molecule has 1 N–H and O–H groups in total. The molecule has 0 saturated carbocycles. The van der Waals surface area contributed by atoms with Crippen LogP contribution in [0.2, 0.25) is 0 Å². The molecule has 0 aromatic carbocycles. The molecule has 0 radical (unpaired) electrons. The smallest absolute Gasteiger partial charge is 0.259 e. The minimum Gasteiger partial charge on any atom is -0.388 e. The van der Waals surface area contributed by atoms with Crippen LogP contribution in [0, 0.1) is 6.92 Å². The average molecular weight is 282 g/mol. The van der Waals surface area contributed by atoms with Gasteiger partial charge in [-0.3, -0.25) is 4.79 Å². The molecule has 0 atom stereocenters. The standard InChI is InChI=1S/C14H22N2O4/c1-4-11-12(10(2)20-15-11)13(17)16(3)9-14(18)5-7-19-8-6-14/h18H,4-9H2,1-3H3. The summed E-state index contributed by atoms with van der Waals surface area (Å²) in [5, 5.41) is 14.4. The molecule has 2 rings (SSSR count). The topological polar surface area (TPSA) is 75.8 Å². The first-order valence-corrected chi connectivity index (χ1v) is 6.97. The summed E-state index contributed by atoms with van der Waals surface area (Å²) in [6.45, 7) is 5.02. The number of carbonyl (C=O) groups excluding carboxylic acids is 1. The number of hydrogen-bond acceptors (Lipinski definition) is 5. The zero-order valence-electron chi connectivity index (χ0n) is 12.3. The number of aromatic nitrogens is 1. The molecule has 0 unspecified atom stereocenters. The zero-order chi connectivity index (χ0) is 14.8. The van der Waals surface area contributed by atoms with Crippen molar-refractivity contribution in [2.24, 2.45) is 0 Å². The average Bonchev–Trinajstić information content (AvgIpc) is 2.79. The number of likely N-dealkylation sites (N-methyl/N-ethyl adjacent to an activating group) is 1. The van der Waals surface area contributed by atoms with E-state index in [9.17, 15) is 9.90 Å². The number of rotatable bonds is 4. The van der Waals surface area contributed by atoms with Gasteiger partial charge in [-0.1, -0.05) is 12.1 Å². The van der Waals surface area contributed by atoms with Crippen LogP contribution in [0.25, 0.3) is 0 Å². The van der Waals surface area contributed by atoms with E-state index in [1.54, 1.807) is 18.9 Å². The highest BCUT2D eigenvalue weighted by atomic mass is 16.5. The molecule has 1 fully saturated rings. The number of hydrogen-bond donors (Lipinski definition) is 1. The maximum atomic E-state index is 12.5. The Morgan fingerprint density at radius 2 is 2.10 bits per heavy atom. The third-order valence-electron chi connectivity index (χ3n) is 3.78. The van der Waals surface area contributed by atoms with E-state index >= 15 is 0 Å². The molecule has 1 aromatic rings. The third kappa shape index (κ3) is 3.02. The molecule has 6 nitrogen and oxygen atoms in total. The van der Waals surface area contributed by atoms with Gasteiger partial charge in [-0.25, -0.2) is 0 Å². The highest BCUT2D eigenvalue weighted by molar-refractivity contribution is 5.96. The highest BCUT2D eigenvalue weighted by Gasteiger charge is 2.33. The van der Waals surface area contributed by atoms with E-state index in [-0.39, 0.29) is 5.91 Å². The first-order valence-electron chi connectivity index (χ1n) is 6.97. The van der Waals surface area contributed by atoms with E-state index in [2.05, 4.69) is 5.16 Å². The summed E-state index contributed by atoms with van der Waals surface area (Å²) in [5.74, 6) is 0.373. The van der Waals surface area contributed by atoms with Crippen LogP contribution < -0.4 is 0 Å².